The Morgan fingerprint density at radius 1 is 1.42 bits per heavy atom. The summed E-state index contributed by atoms with van der Waals surface area (Å²) in [7, 11) is 1.58. The molecule has 0 bridgehead atoms. The van der Waals surface area contributed by atoms with Crippen molar-refractivity contribution >= 4 is 28.9 Å². The number of nitrogens with one attached hydrogen (secondary N) is 2. The van der Waals surface area contributed by atoms with E-state index in [0.717, 1.165) is 19.3 Å². The summed E-state index contributed by atoms with van der Waals surface area (Å²) in [5, 5.41) is 2.60. The molecule has 9 heteroatoms. The van der Waals surface area contributed by atoms with Gasteiger partial charge in [0.15, 0.2) is 5.65 Å². The van der Waals surface area contributed by atoms with Gasteiger partial charge in [-0.1, -0.05) is 0 Å². The van der Waals surface area contributed by atoms with Crippen LogP contribution in [0.5, 0.6) is 0 Å². The lowest BCUT2D eigenvalue weighted by Gasteiger charge is -2.32. The number of hydrogen-bond acceptors (Lipinski definition) is 5. The van der Waals surface area contributed by atoms with E-state index in [4.69, 9.17) is 0 Å². The number of aromatic nitrogens is 4. The number of carbonyl (C=O) groups is 2. The summed E-state index contributed by atoms with van der Waals surface area (Å²) >= 11 is 0. The van der Waals surface area contributed by atoms with Crippen LogP contribution in [0.1, 0.15) is 28.5 Å². The third kappa shape index (κ3) is 2.55. The number of hydrogen-bond donors (Lipinski definition) is 2. The predicted molar refractivity (Wildman–Crippen MR) is 89.5 cm³/mol. The van der Waals surface area contributed by atoms with Crippen molar-refractivity contribution in [3.8, 4) is 0 Å². The fourth-order valence-electron chi connectivity index (χ4n) is 3.24. The molecule has 0 atom stereocenters. The van der Waals surface area contributed by atoms with Gasteiger partial charge in [-0.2, -0.15) is 4.98 Å². The second kappa shape index (κ2) is 5.15. The zero-order chi connectivity index (χ0) is 16.9. The van der Waals surface area contributed by atoms with Crippen LogP contribution in [0.3, 0.4) is 0 Å². The van der Waals surface area contributed by atoms with E-state index in [9.17, 15) is 14.4 Å². The number of aryl methyl sites for hydroxylation is 1. The normalized spacial score (nSPS) is 19.0. The van der Waals surface area contributed by atoms with Crippen LogP contribution in [-0.2, 0) is 16.6 Å². The van der Waals surface area contributed by atoms with Crippen LogP contribution < -0.4 is 11.0 Å². The van der Waals surface area contributed by atoms with Crippen molar-refractivity contribution in [3.63, 3.8) is 0 Å². The highest BCUT2D eigenvalue weighted by Gasteiger charge is 2.47. The molecule has 1 spiro atoms. The topological polar surface area (TPSA) is 113 Å². The van der Waals surface area contributed by atoms with Crippen LogP contribution in [0.25, 0.3) is 11.2 Å². The van der Waals surface area contributed by atoms with Crippen LogP contribution >= 0.6 is 0 Å². The van der Waals surface area contributed by atoms with Crippen molar-refractivity contribution in [2.45, 2.75) is 25.7 Å². The van der Waals surface area contributed by atoms with Gasteiger partial charge >= 0.3 is 5.69 Å². The van der Waals surface area contributed by atoms with Gasteiger partial charge in [0.25, 0.3) is 0 Å². The number of aromatic amines is 1. The van der Waals surface area contributed by atoms with E-state index in [1.165, 1.54) is 10.8 Å². The lowest BCUT2D eigenvalue weighted by molar-refractivity contribution is -0.138. The third-order valence-electron chi connectivity index (χ3n) is 4.92. The van der Waals surface area contributed by atoms with Gasteiger partial charge in [-0.25, -0.2) is 9.78 Å². The van der Waals surface area contributed by atoms with Crippen LogP contribution in [0.4, 0.5) is 5.95 Å². The average Bonchev–Trinajstić information content (AvgIpc) is 3.24. The number of H-pyrrole nitrogens is 1. The first-order chi connectivity index (χ1) is 11.5. The van der Waals surface area contributed by atoms with Crippen molar-refractivity contribution < 1.29 is 12.4 Å². The number of carbonyl (C=O) groups excluding carboxylic acids is 2. The molecule has 4 rings (SSSR count). The molecule has 0 radical (unpaired) electrons. The Bertz CT molecular complexity index is 904. The van der Waals surface area contributed by atoms with E-state index >= 15 is 0 Å². The fourth-order valence-corrected chi connectivity index (χ4v) is 3.24. The van der Waals surface area contributed by atoms with E-state index in [0.29, 0.717) is 24.1 Å². The number of anilines is 1. The molecule has 1 aliphatic carbocycles. The molecule has 2 aromatic heterocycles. The summed E-state index contributed by atoms with van der Waals surface area (Å²) in [5.41, 5.74) is 0.877. The Hall–Kier alpha value is -2.71. The molecule has 3 heterocycles. The monoisotopic (exact) mass is 334 g/mol. The number of nitrogens with zero attached hydrogens (tertiary/aromatic N) is 4. The van der Waals surface area contributed by atoms with Gasteiger partial charge in [0.1, 0.15) is 5.52 Å². The molecule has 0 aromatic carbocycles. The minimum absolute atomic E-state index is 0. The summed E-state index contributed by atoms with van der Waals surface area (Å²) in [4.78, 5) is 48.2. The zero-order valence-electron chi connectivity index (χ0n) is 13.3. The first-order valence-corrected chi connectivity index (χ1v) is 7.95. The first kappa shape index (κ1) is 14.9. The molecule has 2 aromatic rings. The molecule has 24 heavy (non-hydrogen) atoms. The minimum atomic E-state index is -0.332. The van der Waals surface area contributed by atoms with E-state index < -0.39 is 0 Å². The van der Waals surface area contributed by atoms with E-state index in [1.807, 2.05) is 0 Å². The summed E-state index contributed by atoms with van der Waals surface area (Å²) in [6.07, 6.45) is 5.18. The molecular weight excluding hydrogens is 312 g/mol. The Kier molecular flexibility index (Phi) is 3.19. The number of piperidine rings is 1. The van der Waals surface area contributed by atoms with Crippen molar-refractivity contribution in [2.75, 3.05) is 18.4 Å². The maximum absolute atomic E-state index is 12.2. The van der Waals surface area contributed by atoms with Crippen LogP contribution in [0, 0.1) is 5.41 Å². The van der Waals surface area contributed by atoms with Crippen LogP contribution in [0.2, 0.25) is 0 Å². The molecule has 2 aliphatic rings. The number of fused-ring (bicyclic) bond motifs is 1. The predicted octanol–water partition coefficient (Wildman–Crippen LogP) is 0.490. The Morgan fingerprint density at radius 3 is 2.96 bits per heavy atom. The van der Waals surface area contributed by atoms with E-state index in [2.05, 4.69) is 20.3 Å². The van der Waals surface area contributed by atoms with Gasteiger partial charge in [-0.05, 0) is 24.7 Å². The number of likely N-dealkylation sites (tertiary alicyclic amines) is 1. The van der Waals surface area contributed by atoms with Gasteiger partial charge in [0.05, 0.1) is 12.7 Å². The first-order valence-electron chi connectivity index (χ1n) is 7.95. The highest BCUT2D eigenvalue weighted by molar-refractivity contribution is 5.93. The Balaban J connectivity index is 0.00000121. The molecule has 2 amide bonds. The van der Waals surface area contributed by atoms with Crippen LogP contribution in [-0.4, -0.2) is 49.3 Å². The quantitative estimate of drug-likeness (QED) is 0.848. The largest absolute Gasteiger partial charge is 0.333 e. The molecule has 130 valence electrons. The molecule has 1 saturated heterocycles. The second-order valence-electron chi connectivity index (χ2n) is 6.72. The maximum Gasteiger partial charge on any atom is 0.327 e. The van der Waals surface area contributed by atoms with Gasteiger partial charge in [-0.15, -0.1) is 0 Å². The van der Waals surface area contributed by atoms with Crippen molar-refractivity contribution in [2.24, 2.45) is 12.5 Å². The van der Waals surface area contributed by atoms with Crippen molar-refractivity contribution in [3.05, 3.63) is 16.7 Å². The molecule has 2 fully saturated rings. The van der Waals surface area contributed by atoms with Crippen molar-refractivity contribution in [1.82, 2.24) is 24.4 Å². The average molecular weight is 334 g/mol. The van der Waals surface area contributed by atoms with Gasteiger partial charge in [0.2, 0.25) is 17.8 Å². The zero-order valence-corrected chi connectivity index (χ0v) is 13.3. The standard InChI is InChI=1S/C15H18N6O3.2H2/c1-20-12-9(17-14(20)24)6-16-13(19-12)18-10(22)7-21-8-15(4-5-15)3-2-11(21)23;;/h6H,2-5,7-8H2,1H3,(H,17,24)(H,16,18,19,22);2*1H. The lowest BCUT2D eigenvalue weighted by atomic mass is 9.94. The smallest absolute Gasteiger partial charge is 0.327 e. The third-order valence-corrected chi connectivity index (χ3v) is 4.92. The number of rotatable bonds is 3. The van der Waals surface area contributed by atoms with Gasteiger partial charge < -0.3 is 9.88 Å². The fraction of sp³-hybridized carbons (Fsp3) is 0.533. The Labute approximate surface area is 140 Å². The highest BCUT2D eigenvalue weighted by Crippen LogP contribution is 2.52. The van der Waals surface area contributed by atoms with Crippen molar-refractivity contribution in [1.29, 1.82) is 0 Å². The SMILES string of the molecule is Cn1c(=O)[nH]c2cnc(NC(=O)CN3CC4(CCC3=O)CC4)nc21.[HH].[HH]. The molecule has 2 N–H and O–H groups in total. The molecule has 1 saturated carbocycles. The Morgan fingerprint density at radius 2 is 2.21 bits per heavy atom. The number of amides is 2. The van der Waals surface area contributed by atoms with Crippen LogP contribution in [0.15, 0.2) is 11.0 Å². The summed E-state index contributed by atoms with van der Waals surface area (Å²) in [6.45, 7) is 0.666. The molecule has 1 aliphatic heterocycles. The van der Waals surface area contributed by atoms with E-state index in [-0.39, 0.29) is 38.3 Å². The molecule has 0 unspecified atom stereocenters. The van der Waals surface area contributed by atoms with Gasteiger partial charge in [0, 0.05) is 22.9 Å². The highest BCUT2D eigenvalue weighted by atomic mass is 16.2. The second-order valence-corrected chi connectivity index (χ2v) is 6.72. The summed E-state index contributed by atoms with van der Waals surface area (Å²) in [5.74, 6) is -0.194. The van der Waals surface area contributed by atoms with Gasteiger partial charge in [-0.3, -0.25) is 19.5 Å². The molecular formula is C15H22N6O3. The molecule has 9 nitrogen and oxygen atoms in total. The maximum atomic E-state index is 12.2. The summed E-state index contributed by atoms with van der Waals surface area (Å²) < 4.78 is 1.34. The van der Waals surface area contributed by atoms with E-state index in [1.54, 1.807) is 11.9 Å². The minimum Gasteiger partial charge on any atom is -0.333 e. The number of imidazole rings is 1. The summed E-state index contributed by atoms with van der Waals surface area (Å²) in [6, 6.07) is 0. The lowest BCUT2D eigenvalue weighted by Crippen LogP contribution is -2.45.